The molecule has 1 unspecified atom stereocenters. The zero-order valence-corrected chi connectivity index (χ0v) is 8.18. The molecule has 1 atom stereocenters. The van der Waals surface area contributed by atoms with Gasteiger partial charge in [0.2, 0.25) is 5.89 Å². The van der Waals surface area contributed by atoms with Crippen LogP contribution in [0.4, 0.5) is 0 Å². The number of rotatable bonds is 1. The van der Waals surface area contributed by atoms with Crippen LogP contribution in [0, 0.1) is 0 Å². The molecule has 1 aliphatic heterocycles. The maximum absolute atomic E-state index is 11.1. The van der Waals surface area contributed by atoms with Gasteiger partial charge >= 0.3 is 5.35 Å². The van der Waals surface area contributed by atoms with Crippen molar-refractivity contribution in [1.29, 1.82) is 0 Å². The number of hydrogen-bond acceptors (Lipinski definition) is 5. The van der Waals surface area contributed by atoms with Gasteiger partial charge in [0.25, 0.3) is 0 Å². The van der Waals surface area contributed by atoms with Gasteiger partial charge < -0.3 is 4.42 Å². The van der Waals surface area contributed by atoms with Crippen molar-refractivity contribution >= 4 is 21.4 Å². The molecule has 0 aliphatic carbocycles. The first-order valence-electron chi connectivity index (χ1n) is 3.76. The Bertz CT molecular complexity index is 413. The molecule has 2 heterocycles. The Hall–Kier alpha value is -0.620. The summed E-state index contributed by atoms with van der Waals surface area (Å²) >= 11 is 5.42. The van der Waals surface area contributed by atoms with Crippen LogP contribution in [0.15, 0.2) is 4.42 Å². The summed E-state index contributed by atoms with van der Waals surface area (Å²) in [4.78, 5) is 0. The van der Waals surface area contributed by atoms with Gasteiger partial charge in [-0.1, -0.05) is 5.10 Å². The molecule has 0 bridgehead atoms. The first kappa shape index (κ1) is 8.96. The minimum Gasteiger partial charge on any atom is -0.412 e. The van der Waals surface area contributed by atoms with Crippen molar-refractivity contribution in [3.05, 3.63) is 11.2 Å². The largest absolute Gasteiger partial charge is 0.412 e. The van der Waals surface area contributed by atoms with Crippen LogP contribution in [0.3, 0.4) is 0 Å². The molecule has 1 aromatic rings. The number of halogens is 1. The lowest BCUT2D eigenvalue weighted by molar-refractivity contribution is 0.462. The van der Waals surface area contributed by atoms with Gasteiger partial charge in [-0.2, -0.15) is 0 Å². The number of hydrogen-bond donors (Lipinski definition) is 0. The fraction of sp³-hybridized carbons (Fsp3) is 0.667. The monoisotopic (exact) mass is 222 g/mol. The molecule has 1 fully saturated rings. The SMILES string of the molecule is O=S1(=O)CCC(c2nnc(Cl)o2)C1. The van der Waals surface area contributed by atoms with Crippen LogP contribution in [-0.2, 0) is 9.84 Å². The van der Waals surface area contributed by atoms with Crippen molar-refractivity contribution in [2.24, 2.45) is 0 Å². The van der Waals surface area contributed by atoms with Gasteiger partial charge in [-0.05, 0) is 18.0 Å². The minimum atomic E-state index is -2.91. The maximum atomic E-state index is 11.1. The Morgan fingerprint density at radius 3 is 2.69 bits per heavy atom. The van der Waals surface area contributed by atoms with Crippen LogP contribution >= 0.6 is 11.6 Å². The van der Waals surface area contributed by atoms with Crippen LogP contribution < -0.4 is 0 Å². The molecule has 0 spiro atoms. The first-order valence-corrected chi connectivity index (χ1v) is 5.96. The Kier molecular flexibility index (Phi) is 2.03. The molecule has 0 aromatic carbocycles. The topological polar surface area (TPSA) is 73.1 Å². The van der Waals surface area contributed by atoms with E-state index in [9.17, 15) is 8.42 Å². The van der Waals surface area contributed by atoms with Crippen LogP contribution in [0.1, 0.15) is 18.2 Å². The molecule has 1 aromatic heterocycles. The van der Waals surface area contributed by atoms with Gasteiger partial charge in [-0.15, -0.1) is 5.10 Å². The average Bonchev–Trinajstić information content (AvgIpc) is 2.56. The first-order chi connectivity index (χ1) is 6.07. The second kappa shape index (κ2) is 2.95. The zero-order chi connectivity index (χ0) is 9.47. The minimum absolute atomic E-state index is 0.0423. The van der Waals surface area contributed by atoms with Crippen LogP contribution in [-0.4, -0.2) is 30.1 Å². The molecule has 5 nitrogen and oxygen atoms in total. The van der Waals surface area contributed by atoms with Crippen molar-refractivity contribution in [3.8, 4) is 0 Å². The fourth-order valence-electron chi connectivity index (χ4n) is 1.37. The van der Waals surface area contributed by atoms with Gasteiger partial charge in [-0.3, -0.25) is 0 Å². The Morgan fingerprint density at radius 2 is 2.23 bits per heavy atom. The predicted molar refractivity (Wildman–Crippen MR) is 45.3 cm³/mol. The third-order valence-electron chi connectivity index (χ3n) is 2.00. The highest BCUT2D eigenvalue weighted by Gasteiger charge is 2.32. The summed E-state index contributed by atoms with van der Waals surface area (Å²) < 4.78 is 27.1. The van der Waals surface area contributed by atoms with Crippen molar-refractivity contribution in [1.82, 2.24) is 10.2 Å². The molecule has 0 N–H and O–H groups in total. The van der Waals surface area contributed by atoms with Crippen molar-refractivity contribution < 1.29 is 12.8 Å². The van der Waals surface area contributed by atoms with Gasteiger partial charge in [0.05, 0.1) is 17.4 Å². The van der Waals surface area contributed by atoms with E-state index in [0.29, 0.717) is 12.3 Å². The van der Waals surface area contributed by atoms with E-state index in [1.54, 1.807) is 0 Å². The average molecular weight is 223 g/mol. The smallest absolute Gasteiger partial charge is 0.312 e. The van der Waals surface area contributed by atoms with E-state index in [0.717, 1.165) is 0 Å². The summed E-state index contributed by atoms with van der Waals surface area (Å²) in [6.07, 6.45) is 0.543. The van der Waals surface area contributed by atoms with Crippen LogP contribution in [0.5, 0.6) is 0 Å². The van der Waals surface area contributed by atoms with E-state index in [-0.39, 0.29) is 22.8 Å². The second-order valence-corrected chi connectivity index (χ2v) is 5.55. The highest BCUT2D eigenvalue weighted by atomic mass is 35.5. The molecule has 0 radical (unpaired) electrons. The lowest BCUT2D eigenvalue weighted by atomic mass is 10.1. The Labute approximate surface area is 80.0 Å². The molecular weight excluding hydrogens is 216 g/mol. The van der Waals surface area contributed by atoms with Gasteiger partial charge in [0, 0.05) is 0 Å². The summed E-state index contributed by atoms with van der Waals surface area (Å²) in [6.45, 7) is 0. The van der Waals surface area contributed by atoms with Gasteiger partial charge in [-0.25, -0.2) is 8.42 Å². The highest BCUT2D eigenvalue weighted by molar-refractivity contribution is 7.91. The number of aromatic nitrogens is 2. The molecule has 1 saturated heterocycles. The summed E-state index contributed by atoms with van der Waals surface area (Å²) in [6, 6.07) is 0. The summed E-state index contributed by atoms with van der Waals surface area (Å²) in [5.41, 5.74) is 0. The molecule has 2 rings (SSSR count). The molecule has 72 valence electrons. The van der Waals surface area contributed by atoms with Gasteiger partial charge in [0.1, 0.15) is 0 Å². The predicted octanol–water partition coefficient (Wildman–Crippen LogP) is 0.625. The van der Waals surface area contributed by atoms with E-state index in [1.807, 2.05) is 0 Å². The molecule has 0 amide bonds. The molecule has 1 aliphatic rings. The third kappa shape index (κ3) is 1.83. The zero-order valence-electron chi connectivity index (χ0n) is 6.60. The van der Waals surface area contributed by atoms with Crippen molar-refractivity contribution in [3.63, 3.8) is 0 Å². The molecule has 7 heteroatoms. The summed E-state index contributed by atoms with van der Waals surface area (Å²) in [7, 11) is -2.91. The number of nitrogens with zero attached hydrogens (tertiary/aromatic N) is 2. The van der Waals surface area contributed by atoms with E-state index < -0.39 is 9.84 Å². The lowest BCUT2D eigenvalue weighted by Gasteiger charge is -1.97. The molecular formula is C6H7ClN2O3S. The Balaban J connectivity index is 2.21. The van der Waals surface area contributed by atoms with Crippen LogP contribution in [0.2, 0.25) is 5.35 Å². The van der Waals surface area contributed by atoms with E-state index in [2.05, 4.69) is 10.2 Å². The van der Waals surface area contributed by atoms with Crippen molar-refractivity contribution in [2.75, 3.05) is 11.5 Å². The Morgan fingerprint density at radius 1 is 1.46 bits per heavy atom. The fourth-order valence-corrected chi connectivity index (χ4v) is 3.22. The normalized spacial score (nSPS) is 26.4. The molecule has 13 heavy (non-hydrogen) atoms. The standard InChI is InChI=1S/C6H7ClN2O3S/c7-6-9-8-5(12-6)4-1-2-13(10,11)3-4/h4H,1-3H2. The highest BCUT2D eigenvalue weighted by Crippen LogP contribution is 2.28. The van der Waals surface area contributed by atoms with Crippen LogP contribution in [0.25, 0.3) is 0 Å². The maximum Gasteiger partial charge on any atom is 0.312 e. The van der Waals surface area contributed by atoms with E-state index in [4.69, 9.17) is 16.0 Å². The van der Waals surface area contributed by atoms with E-state index in [1.165, 1.54) is 0 Å². The quantitative estimate of drug-likeness (QED) is 0.697. The number of sulfone groups is 1. The van der Waals surface area contributed by atoms with Gasteiger partial charge in [0.15, 0.2) is 9.84 Å². The lowest BCUT2D eigenvalue weighted by Crippen LogP contribution is -2.03. The third-order valence-corrected chi connectivity index (χ3v) is 3.92. The summed E-state index contributed by atoms with van der Waals surface area (Å²) in [5.74, 6) is 0.430. The van der Waals surface area contributed by atoms with Crippen molar-refractivity contribution in [2.45, 2.75) is 12.3 Å². The second-order valence-electron chi connectivity index (χ2n) is 2.99. The summed E-state index contributed by atoms with van der Waals surface area (Å²) in [5, 5.41) is 7.07. The van der Waals surface area contributed by atoms with E-state index >= 15 is 0 Å². The molecule has 0 saturated carbocycles.